The van der Waals surface area contributed by atoms with E-state index in [0.29, 0.717) is 65.9 Å². The van der Waals surface area contributed by atoms with Gasteiger partial charge in [0.05, 0.1) is 31.0 Å². The minimum Gasteiger partial charge on any atom is -0.506 e. The smallest absolute Gasteiger partial charge is 0.263 e. The molecule has 0 aliphatic carbocycles. The van der Waals surface area contributed by atoms with Crippen molar-refractivity contribution in [1.29, 1.82) is 0 Å². The van der Waals surface area contributed by atoms with Crippen molar-refractivity contribution in [3.63, 3.8) is 0 Å². The molecule has 2 heterocycles. The molecule has 196 valence electrons. The van der Waals surface area contributed by atoms with Gasteiger partial charge in [0.25, 0.3) is 5.91 Å². The molecule has 1 saturated heterocycles. The number of anilines is 1. The van der Waals surface area contributed by atoms with Crippen LogP contribution in [-0.4, -0.2) is 66.4 Å². The molecular formula is C28H32ClN3O5. The van der Waals surface area contributed by atoms with Gasteiger partial charge in [-0.05, 0) is 43.2 Å². The molecule has 0 atom stereocenters. The summed E-state index contributed by atoms with van der Waals surface area (Å²) in [6.45, 7) is 4.04. The van der Waals surface area contributed by atoms with E-state index in [1.165, 1.54) is 14.2 Å². The molecule has 1 aliphatic rings. The van der Waals surface area contributed by atoms with Gasteiger partial charge >= 0.3 is 0 Å². The number of ether oxygens (including phenoxy) is 2. The van der Waals surface area contributed by atoms with Crippen LogP contribution in [0.5, 0.6) is 23.1 Å². The van der Waals surface area contributed by atoms with Crippen LogP contribution in [0.2, 0.25) is 5.02 Å². The number of methoxy groups -OCH3 is 2. The second kappa shape index (κ2) is 11.6. The zero-order valence-corrected chi connectivity index (χ0v) is 22.1. The number of piperazine rings is 1. The van der Waals surface area contributed by atoms with Crippen LogP contribution in [-0.2, 0) is 6.42 Å². The molecule has 37 heavy (non-hydrogen) atoms. The molecule has 9 heteroatoms. The van der Waals surface area contributed by atoms with E-state index in [0.717, 1.165) is 18.5 Å². The predicted octanol–water partition coefficient (Wildman–Crippen LogP) is 5.14. The quantitative estimate of drug-likeness (QED) is 0.420. The van der Waals surface area contributed by atoms with Crippen LogP contribution in [0.1, 0.15) is 35.8 Å². The molecule has 0 saturated carbocycles. The number of nitrogens with zero attached hydrogens (tertiary/aromatic N) is 3. The Labute approximate surface area is 222 Å². The Morgan fingerprint density at radius 2 is 1.65 bits per heavy atom. The van der Waals surface area contributed by atoms with Gasteiger partial charge in [0.1, 0.15) is 22.8 Å². The van der Waals surface area contributed by atoms with E-state index in [1.54, 1.807) is 23.1 Å². The molecule has 0 radical (unpaired) electrons. The van der Waals surface area contributed by atoms with Gasteiger partial charge in [0.15, 0.2) is 0 Å². The molecule has 4 rings (SSSR count). The number of hydrogen-bond acceptors (Lipinski definition) is 7. The fraction of sp³-hybridized carbons (Fsp3) is 0.357. The number of unbranched alkanes of at least 4 members (excludes halogenated alkanes) is 1. The van der Waals surface area contributed by atoms with E-state index in [4.69, 9.17) is 21.1 Å². The van der Waals surface area contributed by atoms with E-state index in [2.05, 4.69) is 9.88 Å². The van der Waals surface area contributed by atoms with Crippen molar-refractivity contribution in [2.24, 2.45) is 0 Å². The number of benzene rings is 2. The average molecular weight is 526 g/mol. The Bertz CT molecular complexity index is 1250. The van der Waals surface area contributed by atoms with Gasteiger partial charge < -0.3 is 29.5 Å². The van der Waals surface area contributed by atoms with E-state index in [9.17, 15) is 15.0 Å². The van der Waals surface area contributed by atoms with E-state index in [-0.39, 0.29) is 11.3 Å². The zero-order chi connectivity index (χ0) is 26.5. The monoisotopic (exact) mass is 525 g/mol. The molecule has 0 spiro atoms. The maximum atomic E-state index is 13.6. The molecule has 0 bridgehead atoms. The SMILES string of the molecule is CCCCc1nc(O)c(C(=O)N2CCN(c3cccc(Cl)c3)CC2)c(O)c1-c1c(OC)cccc1OC. The van der Waals surface area contributed by atoms with E-state index in [1.807, 2.05) is 31.2 Å². The number of carbonyl (C=O) groups excluding carboxylic acids is 1. The molecular weight excluding hydrogens is 494 g/mol. The van der Waals surface area contributed by atoms with Crippen molar-refractivity contribution in [1.82, 2.24) is 9.88 Å². The van der Waals surface area contributed by atoms with Gasteiger partial charge in [-0.15, -0.1) is 0 Å². The number of pyridine rings is 1. The molecule has 2 aromatic carbocycles. The fourth-order valence-electron chi connectivity index (χ4n) is 4.69. The van der Waals surface area contributed by atoms with Gasteiger partial charge in [0.2, 0.25) is 5.88 Å². The number of amides is 1. The highest BCUT2D eigenvalue weighted by atomic mass is 35.5. The lowest BCUT2D eigenvalue weighted by atomic mass is 9.95. The van der Waals surface area contributed by atoms with Crippen LogP contribution in [0.25, 0.3) is 11.1 Å². The van der Waals surface area contributed by atoms with Gasteiger partial charge in [-0.2, -0.15) is 0 Å². The summed E-state index contributed by atoms with van der Waals surface area (Å²) in [6.07, 6.45) is 2.18. The largest absolute Gasteiger partial charge is 0.506 e. The lowest BCUT2D eigenvalue weighted by Crippen LogP contribution is -2.48. The minimum atomic E-state index is -0.483. The van der Waals surface area contributed by atoms with Gasteiger partial charge in [-0.3, -0.25) is 4.79 Å². The number of aromatic hydroxyl groups is 2. The third kappa shape index (κ3) is 5.39. The normalized spacial score (nSPS) is 13.5. The predicted molar refractivity (Wildman–Crippen MR) is 144 cm³/mol. The third-order valence-corrected chi connectivity index (χ3v) is 6.86. The highest BCUT2D eigenvalue weighted by Crippen LogP contribution is 2.47. The van der Waals surface area contributed by atoms with Crippen LogP contribution in [0.3, 0.4) is 0 Å². The molecule has 0 unspecified atom stereocenters. The van der Waals surface area contributed by atoms with Gasteiger partial charge in [-0.1, -0.05) is 37.1 Å². The Balaban J connectivity index is 1.72. The molecule has 2 N–H and O–H groups in total. The first-order valence-electron chi connectivity index (χ1n) is 12.4. The summed E-state index contributed by atoms with van der Waals surface area (Å²) < 4.78 is 11.1. The number of aromatic nitrogens is 1. The molecule has 1 aliphatic heterocycles. The second-order valence-electron chi connectivity index (χ2n) is 8.88. The Kier molecular flexibility index (Phi) is 8.28. The number of rotatable bonds is 8. The molecule has 1 aromatic heterocycles. The van der Waals surface area contributed by atoms with Crippen molar-refractivity contribution in [2.75, 3.05) is 45.3 Å². The standard InChI is InChI=1S/C28H32ClN3O5/c1-4-5-10-20-23(24-21(36-2)11-7-12-22(24)37-3)26(33)25(27(34)30-20)28(35)32-15-13-31(14-16-32)19-9-6-8-18(29)17-19/h6-9,11-12,17H,4-5,10,13-16H2,1-3H3,(H2,30,33,34). The maximum absolute atomic E-state index is 13.6. The summed E-state index contributed by atoms with van der Waals surface area (Å²) in [5.41, 5.74) is 2.06. The number of halogens is 1. The summed E-state index contributed by atoms with van der Waals surface area (Å²) in [5.74, 6) is -0.362. The maximum Gasteiger partial charge on any atom is 0.263 e. The topological polar surface area (TPSA) is 95.4 Å². The van der Waals surface area contributed by atoms with Crippen molar-refractivity contribution in [3.05, 3.63) is 58.7 Å². The summed E-state index contributed by atoms with van der Waals surface area (Å²) in [6, 6.07) is 12.9. The van der Waals surface area contributed by atoms with Crippen molar-refractivity contribution >= 4 is 23.2 Å². The Hall–Kier alpha value is -3.65. The lowest BCUT2D eigenvalue weighted by Gasteiger charge is -2.36. The zero-order valence-electron chi connectivity index (χ0n) is 21.3. The second-order valence-corrected chi connectivity index (χ2v) is 9.32. The average Bonchev–Trinajstić information content (AvgIpc) is 2.91. The van der Waals surface area contributed by atoms with Crippen LogP contribution in [0.4, 0.5) is 5.69 Å². The first kappa shape index (κ1) is 26.4. The Morgan fingerprint density at radius 1 is 1.00 bits per heavy atom. The number of aryl methyl sites for hydroxylation is 1. The molecule has 3 aromatic rings. The summed E-state index contributed by atoms with van der Waals surface area (Å²) in [4.78, 5) is 21.8. The first-order chi connectivity index (χ1) is 17.9. The highest BCUT2D eigenvalue weighted by Gasteiger charge is 2.32. The Morgan fingerprint density at radius 3 is 2.24 bits per heavy atom. The number of carbonyl (C=O) groups is 1. The lowest BCUT2D eigenvalue weighted by molar-refractivity contribution is 0.0739. The van der Waals surface area contributed by atoms with Crippen LogP contribution < -0.4 is 14.4 Å². The van der Waals surface area contributed by atoms with Crippen LogP contribution in [0.15, 0.2) is 42.5 Å². The minimum absolute atomic E-state index is 0.223. The van der Waals surface area contributed by atoms with E-state index < -0.39 is 11.8 Å². The summed E-state index contributed by atoms with van der Waals surface area (Å²) >= 11 is 6.14. The summed E-state index contributed by atoms with van der Waals surface area (Å²) in [7, 11) is 3.06. The van der Waals surface area contributed by atoms with Crippen molar-refractivity contribution in [3.8, 4) is 34.3 Å². The first-order valence-corrected chi connectivity index (χ1v) is 12.7. The molecule has 8 nitrogen and oxygen atoms in total. The van der Waals surface area contributed by atoms with Crippen LogP contribution >= 0.6 is 11.6 Å². The van der Waals surface area contributed by atoms with Crippen LogP contribution in [0, 0.1) is 0 Å². The highest BCUT2D eigenvalue weighted by molar-refractivity contribution is 6.30. The molecule has 1 fully saturated rings. The summed E-state index contributed by atoms with van der Waals surface area (Å²) in [5, 5.41) is 23.0. The molecule has 1 amide bonds. The third-order valence-electron chi connectivity index (χ3n) is 6.63. The van der Waals surface area contributed by atoms with Gasteiger partial charge in [-0.25, -0.2) is 4.98 Å². The van der Waals surface area contributed by atoms with Crippen molar-refractivity contribution < 1.29 is 24.5 Å². The van der Waals surface area contributed by atoms with E-state index >= 15 is 0 Å². The van der Waals surface area contributed by atoms with Gasteiger partial charge in [0, 0.05) is 36.9 Å². The fourth-order valence-corrected chi connectivity index (χ4v) is 4.87. The number of hydrogen-bond donors (Lipinski definition) is 2. The van der Waals surface area contributed by atoms with Crippen molar-refractivity contribution in [2.45, 2.75) is 26.2 Å².